The molecular weight excluding hydrogens is 431 g/mol. The molecule has 1 saturated heterocycles. The number of ketones is 1. The molecular formula is C21H25FO10. The lowest BCUT2D eigenvalue weighted by Gasteiger charge is -2.41. The molecule has 0 aliphatic carbocycles. The van der Waals surface area contributed by atoms with Crippen LogP contribution in [0.4, 0.5) is 4.39 Å². The summed E-state index contributed by atoms with van der Waals surface area (Å²) in [5.74, 6) is -3.42. The number of halogens is 1. The summed E-state index contributed by atoms with van der Waals surface area (Å²) in [6.07, 6.45) is -8.28. The Hall–Kier alpha value is -3.21. The maximum Gasteiger partial charge on any atom is 0.303 e. The molecule has 1 heterocycles. The van der Waals surface area contributed by atoms with E-state index in [0.29, 0.717) is 5.56 Å². The van der Waals surface area contributed by atoms with Crippen molar-refractivity contribution in [1.29, 1.82) is 0 Å². The van der Waals surface area contributed by atoms with E-state index in [1.54, 1.807) is 6.92 Å². The van der Waals surface area contributed by atoms with Gasteiger partial charge in [0.2, 0.25) is 12.4 Å². The minimum absolute atomic E-state index is 0.123. The highest BCUT2D eigenvalue weighted by Crippen LogP contribution is 2.35. The highest BCUT2D eigenvalue weighted by molar-refractivity contribution is 5.99. The molecule has 1 aromatic rings. The van der Waals surface area contributed by atoms with E-state index in [9.17, 15) is 24.3 Å². The fourth-order valence-corrected chi connectivity index (χ4v) is 3.24. The minimum Gasteiger partial charge on any atom is -0.507 e. The molecule has 176 valence electrons. The van der Waals surface area contributed by atoms with Gasteiger partial charge in [0.15, 0.2) is 18.1 Å². The number of alkyl halides is 1. The molecule has 0 amide bonds. The molecule has 10 nitrogen and oxygen atoms in total. The van der Waals surface area contributed by atoms with Crippen molar-refractivity contribution in [1.82, 2.24) is 0 Å². The van der Waals surface area contributed by atoms with Crippen molar-refractivity contribution in [2.24, 2.45) is 0 Å². The zero-order chi connectivity index (χ0) is 24.2. The van der Waals surface area contributed by atoms with Crippen molar-refractivity contribution in [2.75, 3.05) is 6.61 Å². The Morgan fingerprint density at radius 1 is 1.00 bits per heavy atom. The number of benzene rings is 1. The van der Waals surface area contributed by atoms with Crippen LogP contribution in [-0.4, -0.2) is 66.2 Å². The third kappa shape index (κ3) is 6.16. The Morgan fingerprint density at radius 2 is 1.59 bits per heavy atom. The lowest BCUT2D eigenvalue weighted by molar-refractivity contribution is -0.275. The number of aryl methyl sites for hydroxylation is 1. The summed E-state index contributed by atoms with van der Waals surface area (Å²) in [6.45, 7) is 5.50. The van der Waals surface area contributed by atoms with Gasteiger partial charge in [0.25, 0.3) is 0 Å². The van der Waals surface area contributed by atoms with Crippen molar-refractivity contribution in [3.05, 3.63) is 23.3 Å². The van der Waals surface area contributed by atoms with Crippen molar-refractivity contribution in [3.63, 3.8) is 0 Å². The van der Waals surface area contributed by atoms with Gasteiger partial charge in [-0.2, -0.15) is 0 Å². The van der Waals surface area contributed by atoms with E-state index in [2.05, 4.69) is 0 Å². The molecule has 5 unspecified atom stereocenters. The van der Waals surface area contributed by atoms with E-state index in [0.717, 1.165) is 20.8 Å². The second-order valence-electron chi connectivity index (χ2n) is 7.27. The summed E-state index contributed by atoms with van der Waals surface area (Å²) >= 11 is 0. The summed E-state index contributed by atoms with van der Waals surface area (Å²) in [7, 11) is 0. The summed E-state index contributed by atoms with van der Waals surface area (Å²) in [6, 6.07) is 2.77. The largest absolute Gasteiger partial charge is 0.507 e. The van der Waals surface area contributed by atoms with Gasteiger partial charge in [-0.05, 0) is 31.5 Å². The number of hydrogen-bond donors (Lipinski definition) is 1. The van der Waals surface area contributed by atoms with Gasteiger partial charge < -0.3 is 28.8 Å². The van der Waals surface area contributed by atoms with E-state index < -0.39 is 61.1 Å². The number of rotatable bonds is 7. The lowest BCUT2D eigenvalue weighted by Crippen LogP contribution is -2.61. The van der Waals surface area contributed by atoms with Crippen molar-refractivity contribution >= 4 is 23.7 Å². The molecule has 0 radical (unpaired) electrons. The molecule has 1 aromatic carbocycles. The first-order valence-corrected chi connectivity index (χ1v) is 9.69. The fourth-order valence-electron chi connectivity index (χ4n) is 3.24. The molecule has 0 bridgehead atoms. The summed E-state index contributed by atoms with van der Waals surface area (Å²) < 4.78 is 41.4. The third-order valence-electron chi connectivity index (χ3n) is 4.45. The molecule has 0 aromatic heterocycles. The van der Waals surface area contributed by atoms with Gasteiger partial charge in [-0.25, -0.2) is 4.39 Å². The van der Waals surface area contributed by atoms with Gasteiger partial charge in [-0.3, -0.25) is 19.2 Å². The van der Waals surface area contributed by atoms with Crippen LogP contribution in [0.3, 0.4) is 0 Å². The molecule has 1 aliphatic rings. The van der Waals surface area contributed by atoms with E-state index in [1.165, 1.54) is 19.1 Å². The van der Waals surface area contributed by atoms with E-state index in [4.69, 9.17) is 23.7 Å². The van der Waals surface area contributed by atoms with Crippen LogP contribution in [0.1, 0.15) is 43.6 Å². The molecule has 5 atom stereocenters. The van der Waals surface area contributed by atoms with Crippen LogP contribution in [0.2, 0.25) is 0 Å². The Kier molecular flexibility index (Phi) is 8.14. The molecule has 0 spiro atoms. The first-order valence-electron chi connectivity index (χ1n) is 9.69. The molecule has 1 fully saturated rings. The van der Waals surface area contributed by atoms with Crippen molar-refractivity contribution < 1.29 is 52.4 Å². The molecule has 1 N–H and O–H groups in total. The third-order valence-corrected chi connectivity index (χ3v) is 4.45. The fraction of sp³-hybridized carbons (Fsp3) is 0.524. The van der Waals surface area contributed by atoms with Crippen LogP contribution < -0.4 is 4.74 Å². The average molecular weight is 456 g/mol. The number of phenols is 1. The van der Waals surface area contributed by atoms with Crippen LogP contribution in [0.5, 0.6) is 11.5 Å². The molecule has 0 saturated carbocycles. The Labute approximate surface area is 183 Å². The number of ether oxygens (including phenoxy) is 5. The standard InChI is InChI=1S/C21H25FO10/c1-9-6-14(27)17(10(2)23)15(7-9)31-21-20(30-13(5)26)19(29-12(4)25)18(22)16(32-21)8-28-11(3)24/h6-7,16,18-21,27H,8H2,1-5H3. The van der Waals surface area contributed by atoms with Gasteiger partial charge in [-0.15, -0.1) is 0 Å². The quantitative estimate of drug-likeness (QED) is 0.367. The summed E-state index contributed by atoms with van der Waals surface area (Å²) in [5.41, 5.74) is 0.349. The number of phenolic OH excluding ortho intramolecular Hbond substituents is 1. The maximum atomic E-state index is 15.1. The van der Waals surface area contributed by atoms with Crippen molar-refractivity contribution in [2.45, 2.75) is 65.4 Å². The number of esters is 3. The average Bonchev–Trinajstić information content (AvgIpc) is 2.64. The monoisotopic (exact) mass is 456 g/mol. The maximum absolute atomic E-state index is 15.1. The number of carbonyl (C=O) groups is 4. The van der Waals surface area contributed by atoms with Gasteiger partial charge >= 0.3 is 17.9 Å². The molecule has 32 heavy (non-hydrogen) atoms. The molecule has 11 heteroatoms. The van der Waals surface area contributed by atoms with Crippen LogP contribution in [0.15, 0.2) is 12.1 Å². The predicted molar refractivity (Wildman–Crippen MR) is 105 cm³/mol. The molecule has 2 rings (SSSR count). The normalized spacial score (nSPS) is 24.9. The van der Waals surface area contributed by atoms with Crippen LogP contribution in [0, 0.1) is 6.92 Å². The second kappa shape index (κ2) is 10.4. The lowest BCUT2D eigenvalue weighted by atomic mass is 9.99. The van der Waals surface area contributed by atoms with Crippen molar-refractivity contribution in [3.8, 4) is 11.5 Å². The number of hydrogen-bond acceptors (Lipinski definition) is 10. The molecule has 1 aliphatic heterocycles. The smallest absolute Gasteiger partial charge is 0.303 e. The Morgan fingerprint density at radius 3 is 2.12 bits per heavy atom. The van der Waals surface area contributed by atoms with Gasteiger partial charge in [0.05, 0.1) is 0 Å². The highest BCUT2D eigenvalue weighted by Gasteiger charge is 2.52. The second-order valence-corrected chi connectivity index (χ2v) is 7.27. The zero-order valence-electron chi connectivity index (χ0n) is 18.2. The van der Waals surface area contributed by atoms with Crippen LogP contribution >= 0.6 is 0 Å². The highest BCUT2D eigenvalue weighted by atomic mass is 19.1. The Bertz CT molecular complexity index is 899. The summed E-state index contributed by atoms with van der Waals surface area (Å²) in [4.78, 5) is 46.5. The Balaban J connectivity index is 2.49. The van der Waals surface area contributed by atoms with E-state index in [1.807, 2.05) is 0 Å². The van der Waals surface area contributed by atoms with E-state index >= 15 is 4.39 Å². The zero-order valence-corrected chi connectivity index (χ0v) is 18.2. The van der Waals surface area contributed by atoms with E-state index in [-0.39, 0.29) is 17.1 Å². The number of carbonyl (C=O) groups excluding carboxylic acids is 4. The SMILES string of the molecule is CC(=O)OCC1OC(Oc2cc(C)cc(O)c2C(C)=O)C(OC(C)=O)C(OC(C)=O)C1F. The van der Waals surface area contributed by atoms with Crippen LogP contribution in [-0.2, 0) is 33.3 Å². The summed E-state index contributed by atoms with van der Waals surface area (Å²) in [5, 5.41) is 10.2. The first-order chi connectivity index (χ1) is 14.9. The minimum atomic E-state index is -2.04. The van der Waals surface area contributed by atoms with Gasteiger partial charge in [-0.1, -0.05) is 0 Å². The number of aromatic hydroxyl groups is 1. The number of Topliss-reactive ketones (excluding diaryl/α,β-unsaturated/α-hetero) is 1. The predicted octanol–water partition coefficient (Wildman–Crippen LogP) is 1.77. The van der Waals surface area contributed by atoms with Gasteiger partial charge in [0.1, 0.15) is 29.8 Å². The topological polar surface area (TPSA) is 135 Å². The van der Waals surface area contributed by atoms with Crippen LogP contribution in [0.25, 0.3) is 0 Å². The van der Waals surface area contributed by atoms with Gasteiger partial charge in [0, 0.05) is 20.8 Å². The first kappa shape index (κ1) is 25.1.